The van der Waals surface area contributed by atoms with Gasteiger partial charge in [-0.05, 0) is 70.9 Å². The van der Waals surface area contributed by atoms with Crippen molar-refractivity contribution < 1.29 is 14.3 Å². The van der Waals surface area contributed by atoms with Crippen molar-refractivity contribution in [1.29, 1.82) is 0 Å². The lowest BCUT2D eigenvalue weighted by Gasteiger charge is -2.30. The third kappa shape index (κ3) is 6.97. The second-order valence-corrected chi connectivity index (χ2v) is 10.2. The van der Waals surface area contributed by atoms with Gasteiger partial charge in [-0.3, -0.25) is 9.59 Å². The Labute approximate surface area is 210 Å². The Morgan fingerprint density at radius 3 is 2.48 bits per heavy atom. The summed E-state index contributed by atoms with van der Waals surface area (Å²) in [6.45, 7) is 6.05. The third-order valence-electron chi connectivity index (χ3n) is 6.14. The highest BCUT2D eigenvalue weighted by molar-refractivity contribution is 9.10. The molecule has 0 aliphatic heterocycles. The van der Waals surface area contributed by atoms with Gasteiger partial charge in [0, 0.05) is 17.6 Å². The third-order valence-corrected chi connectivity index (χ3v) is 7.13. The molecule has 33 heavy (non-hydrogen) atoms. The first kappa shape index (κ1) is 25.6. The van der Waals surface area contributed by atoms with Crippen LogP contribution in [-0.4, -0.2) is 35.4 Å². The molecule has 0 bridgehead atoms. The quantitative estimate of drug-likeness (QED) is 0.423. The average molecular weight is 536 g/mol. The first-order valence-corrected chi connectivity index (χ1v) is 12.7. The molecule has 2 aromatic carbocycles. The van der Waals surface area contributed by atoms with E-state index in [0.29, 0.717) is 16.7 Å². The minimum Gasteiger partial charge on any atom is -0.483 e. The highest BCUT2D eigenvalue weighted by Gasteiger charge is 2.29. The SMILES string of the molecule is CC(C)c1ccc(OCC(=O)N(Cc2ccccc2Cl)C(C)C(=O)NC2CCCC2)c(Br)c1. The summed E-state index contributed by atoms with van der Waals surface area (Å²) in [6, 6.07) is 12.8. The standard InChI is InChI=1S/C26H32BrClN2O3/c1-17(2)19-12-13-24(22(27)14-19)33-16-25(31)30(15-20-8-4-7-11-23(20)28)18(3)26(32)29-21-9-5-6-10-21/h4,7-8,11-14,17-18,21H,5-6,9-10,15-16H2,1-3H3,(H,29,32). The maximum absolute atomic E-state index is 13.3. The Morgan fingerprint density at radius 1 is 1.15 bits per heavy atom. The smallest absolute Gasteiger partial charge is 0.261 e. The van der Waals surface area contributed by atoms with E-state index in [-0.39, 0.29) is 31.0 Å². The summed E-state index contributed by atoms with van der Waals surface area (Å²) in [5, 5.41) is 3.66. The summed E-state index contributed by atoms with van der Waals surface area (Å²) in [4.78, 5) is 27.8. The van der Waals surface area contributed by atoms with Gasteiger partial charge in [-0.1, -0.05) is 62.6 Å². The number of hydrogen-bond acceptors (Lipinski definition) is 3. The first-order valence-electron chi connectivity index (χ1n) is 11.5. The maximum Gasteiger partial charge on any atom is 0.261 e. The molecule has 1 aliphatic carbocycles. The van der Waals surface area contributed by atoms with Gasteiger partial charge in [0.2, 0.25) is 5.91 Å². The van der Waals surface area contributed by atoms with Gasteiger partial charge in [0.15, 0.2) is 6.61 Å². The summed E-state index contributed by atoms with van der Waals surface area (Å²) in [7, 11) is 0. The lowest BCUT2D eigenvalue weighted by Crippen LogP contribution is -2.50. The number of rotatable bonds is 9. The molecule has 2 amide bonds. The molecule has 0 saturated heterocycles. The number of amides is 2. The fourth-order valence-electron chi connectivity index (χ4n) is 4.00. The molecular formula is C26H32BrClN2O3. The van der Waals surface area contributed by atoms with Crippen molar-refractivity contribution in [3.8, 4) is 5.75 Å². The van der Waals surface area contributed by atoms with Gasteiger partial charge in [0.1, 0.15) is 11.8 Å². The number of nitrogens with one attached hydrogen (secondary N) is 1. The van der Waals surface area contributed by atoms with Gasteiger partial charge < -0.3 is 15.0 Å². The predicted octanol–water partition coefficient (Wildman–Crippen LogP) is 6.08. The molecule has 178 valence electrons. The largest absolute Gasteiger partial charge is 0.483 e. The molecule has 5 nitrogen and oxygen atoms in total. The number of benzene rings is 2. The molecule has 1 N–H and O–H groups in total. The summed E-state index contributed by atoms with van der Waals surface area (Å²) >= 11 is 9.89. The van der Waals surface area contributed by atoms with E-state index in [4.69, 9.17) is 16.3 Å². The van der Waals surface area contributed by atoms with Crippen LogP contribution in [0.25, 0.3) is 0 Å². The van der Waals surface area contributed by atoms with E-state index in [2.05, 4.69) is 35.1 Å². The molecular weight excluding hydrogens is 504 g/mol. The van der Waals surface area contributed by atoms with E-state index < -0.39 is 6.04 Å². The maximum atomic E-state index is 13.3. The lowest BCUT2D eigenvalue weighted by atomic mass is 10.0. The van der Waals surface area contributed by atoms with Crippen molar-refractivity contribution in [2.45, 2.75) is 71.0 Å². The number of carbonyl (C=O) groups excluding carboxylic acids is 2. The van der Waals surface area contributed by atoms with Crippen molar-refractivity contribution in [3.05, 3.63) is 63.1 Å². The van der Waals surface area contributed by atoms with Gasteiger partial charge in [-0.25, -0.2) is 0 Å². The highest BCUT2D eigenvalue weighted by Crippen LogP contribution is 2.29. The monoisotopic (exact) mass is 534 g/mol. The zero-order chi connectivity index (χ0) is 24.0. The molecule has 0 radical (unpaired) electrons. The van der Waals surface area contributed by atoms with E-state index >= 15 is 0 Å². The highest BCUT2D eigenvalue weighted by atomic mass is 79.9. The number of ether oxygens (including phenoxy) is 1. The first-order chi connectivity index (χ1) is 15.8. The molecule has 1 unspecified atom stereocenters. The predicted molar refractivity (Wildman–Crippen MR) is 136 cm³/mol. The minimum atomic E-state index is -0.648. The van der Waals surface area contributed by atoms with Crippen LogP contribution in [0.15, 0.2) is 46.9 Å². The van der Waals surface area contributed by atoms with Crippen molar-refractivity contribution in [3.63, 3.8) is 0 Å². The second-order valence-electron chi connectivity index (χ2n) is 8.91. The number of halogens is 2. The molecule has 1 saturated carbocycles. The van der Waals surface area contributed by atoms with E-state index in [0.717, 1.165) is 35.7 Å². The van der Waals surface area contributed by atoms with Gasteiger partial charge in [0.05, 0.1) is 4.47 Å². The summed E-state index contributed by atoms with van der Waals surface area (Å²) in [5.74, 6) is 0.560. The fraction of sp³-hybridized carbons (Fsp3) is 0.462. The van der Waals surface area contributed by atoms with Gasteiger partial charge >= 0.3 is 0 Å². The normalized spacial score (nSPS) is 14.8. The molecule has 7 heteroatoms. The van der Waals surface area contributed by atoms with Crippen LogP contribution >= 0.6 is 27.5 Å². The van der Waals surface area contributed by atoms with Crippen LogP contribution in [0.1, 0.15) is 63.5 Å². The van der Waals surface area contributed by atoms with Crippen LogP contribution in [0.4, 0.5) is 0 Å². The van der Waals surface area contributed by atoms with Crippen LogP contribution in [0.5, 0.6) is 5.75 Å². The van der Waals surface area contributed by atoms with Crippen LogP contribution < -0.4 is 10.1 Å². The minimum absolute atomic E-state index is 0.148. The average Bonchev–Trinajstić information content (AvgIpc) is 3.30. The zero-order valence-corrected chi connectivity index (χ0v) is 21.8. The van der Waals surface area contributed by atoms with Crippen LogP contribution in [0.3, 0.4) is 0 Å². The molecule has 0 aromatic heterocycles. The van der Waals surface area contributed by atoms with Crippen LogP contribution in [0, 0.1) is 0 Å². The number of carbonyl (C=O) groups is 2. The van der Waals surface area contributed by atoms with E-state index in [1.807, 2.05) is 36.4 Å². The molecule has 1 atom stereocenters. The molecule has 3 rings (SSSR count). The Balaban J connectivity index is 1.73. The van der Waals surface area contributed by atoms with Gasteiger partial charge in [-0.2, -0.15) is 0 Å². The van der Waals surface area contributed by atoms with Crippen LogP contribution in [0.2, 0.25) is 5.02 Å². The molecule has 0 heterocycles. The van der Waals surface area contributed by atoms with Gasteiger partial charge in [0.25, 0.3) is 5.91 Å². The molecule has 1 fully saturated rings. The Bertz CT molecular complexity index is 976. The Morgan fingerprint density at radius 2 is 1.85 bits per heavy atom. The van der Waals surface area contributed by atoms with E-state index in [9.17, 15) is 9.59 Å². The zero-order valence-electron chi connectivity index (χ0n) is 19.4. The summed E-state index contributed by atoms with van der Waals surface area (Å²) in [5.41, 5.74) is 1.97. The van der Waals surface area contributed by atoms with Gasteiger partial charge in [-0.15, -0.1) is 0 Å². The van der Waals surface area contributed by atoms with E-state index in [1.165, 1.54) is 5.56 Å². The number of nitrogens with zero attached hydrogens (tertiary/aromatic N) is 1. The topological polar surface area (TPSA) is 58.6 Å². The molecule has 0 spiro atoms. The Hall–Kier alpha value is -2.05. The van der Waals surface area contributed by atoms with E-state index in [1.54, 1.807) is 17.9 Å². The summed E-state index contributed by atoms with van der Waals surface area (Å²) < 4.78 is 6.64. The van der Waals surface area contributed by atoms with Crippen molar-refractivity contribution in [2.24, 2.45) is 0 Å². The number of hydrogen-bond donors (Lipinski definition) is 1. The van der Waals surface area contributed by atoms with Crippen molar-refractivity contribution in [2.75, 3.05) is 6.61 Å². The van der Waals surface area contributed by atoms with Crippen molar-refractivity contribution >= 4 is 39.3 Å². The summed E-state index contributed by atoms with van der Waals surface area (Å²) in [6.07, 6.45) is 4.22. The molecule has 1 aliphatic rings. The fourth-order valence-corrected chi connectivity index (χ4v) is 4.71. The Kier molecular flexibility index (Phi) is 9.21. The van der Waals surface area contributed by atoms with Crippen LogP contribution in [-0.2, 0) is 16.1 Å². The second kappa shape index (κ2) is 11.9. The lowest BCUT2D eigenvalue weighted by molar-refractivity contribution is -0.142. The van der Waals surface area contributed by atoms with Crippen molar-refractivity contribution in [1.82, 2.24) is 10.2 Å². The molecule has 2 aromatic rings.